The largest absolute Gasteiger partial charge is 0.295 e. The van der Waals surface area contributed by atoms with Crippen LogP contribution in [0.3, 0.4) is 0 Å². The van der Waals surface area contributed by atoms with Gasteiger partial charge in [-0.1, -0.05) is 35.9 Å². The topological polar surface area (TPSA) is 17.8 Å². The zero-order valence-electron chi connectivity index (χ0n) is 9.39. The van der Waals surface area contributed by atoms with Gasteiger partial charge < -0.3 is 0 Å². The maximum atomic E-state index is 6.24. The number of para-hydroxylation sites is 3. The molecular weight excluding hydrogens is 232 g/mol. The lowest BCUT2D eigenvalue weighted by Crippen LogP contribution is -1.97. The number of imidazole rings is 1. The molecule has 0 aliphatic carbocycles. The molecule has 0 unspecified atom stereocenters. The van der Waals surface area contributed by atoms with Crippen LogP contribution in [0.4, 0.5) is 0 Å². The van der Waals surface area contributed by atoms with Crippen LogP contribution in [0.25, 0.3) is 16.7 Å². The van der Waals surface area contributed by atoms with E-state index < -0.39 is 0 Å². The first kappa shape index (κ1) is 10.4. The van der Waals surface area contributed by atoms with Gasteiger partial charge >= 0.3 is 0 Å². The van der Waals surface area contributed by atoms with Crippen LogP contribution >= 0.6 is 11.6 Å². The second-order valence-electron chi connectivity index (χ2n) is 3.93. The Hall–Kier alpha value is -1.80. The highest BCUT2D eigenvalue weighted by Crippen LogP contribution is 2.26. The lowest BCUT2D eigenvalue weighted by molar-refractivity contribution is 1.00. The van der Waals surface area contributed by atoms with Gasteiger partial charge in [0.15, 0.2) is 0 Å². The SMILES string of the molecule is Cc1nc2ccccc2n1-c1ccccc1Cl. The third-order valence-electron chi connectivity index (χ3n) is 2.82. The second kappa shape index (κ2) is 3.90. The monoisotopic (exact) mass is 242 g/mol. The summed E-state index contributed by atoms with van der Waals surface area (Å²) in [5, 5.41) is 0.735. The molecule has 0 fully saturated rings. The van der Waals surface area contributed by atoms with Crippen LogP contribution < -0.4 is 0 Å². The van der Waals surface area contributed by atoms with Gasteiger partial charge in [0.25, 0.3) is 0 Å². The third-order valence-corrected chi connectivity index (χ3v) is 3.14. The van der Waals surface area contributed by atoms with Crippen molar-refractivity contribution in [3.63, 3.8) is 0 Å². The Balaban J connectivity index is 2.38. The summed E-state index contributed by atoms with van der Waals surface area (Å²) in [5.41, 5.74) is 3.04. The molecule has 0 atom stereocenters. The van der Waals surface area contributed by atoms with E-state index in [4.69, 9.17) is 11.6 Å². The Morgan fingerprint density at radius 1 is 1.00 bits per heavy atom. The van der Waals surface area contributed by atoms with Crippen LogP contribution in [0.1, 0.15) is 5.82 Å². The van der Waals surface area contributed by atoms with Crippen LogP contribution in [0, 0.1) is 6.92 Å². The highest BCUT2D eigenvalue weighted by Gasteiger charge is 2.10. The lowest BCUT2D eigenvalue weighted by atomic mass is 10.3. The van der Waals surface area contributed by atoms with Crippen LogP contribution in [-0.4, -0.2) is 9.55 Å². The fourth-order valence-corrected chi connectivity index (χ4v) is 2.30. The molecule has 0 N–H and O–H groups in total. The quantitative estimate of drug-likeness (QED) is 0.631. The molecule has 1 heterocycles. The first-order valence-corrected chi connectivity index (χ1v) is 5.84. The van der Waals surface area contributed by atoms with Crippen molar-refractivity contribution in [3.05, 3.63) is 59.4 Å². The summed E-state index contributed by atoms with van der Waals surface area (Å²) in [6.45, 7) is 1.99. The van der Waals surface area contributed by atoms with E-state index in [1.807, 2.05) is 49.4 Å². The smallest absolute Gasteiger partial charge is 0.111 e. The number of halogens is 1. The summed E-state index contributed by atoms with van der Waals surface area (Å²) in [5.74, 6) is 0.944. The molecule has 0 aliphatic rings. The summed E-state index contributed by atoms with van der Waals surface area (Å²) in [6.07, 6.45) is 0. The zero-order valence-corrected chi connectivity index (χ0v) is 10.1. The number of hydrogen-bond donors (Lipinski definition) is 0. The van der Waals surface area contributed by atoms with Crippen molar-refractivity contribution in [3.8, 4) is 5.69 Å². The Bertz CT molecular complexity index is 686. The zero-order chi connectivity index (χ0) is 11.8. The molecule has 2 aromatic carbocycles. The van der Waals surface area contributed by atoms with E-state index >= 15 is 0 Å². The van der Waals surface area contributed by atoms with Crippen LogP contribution in [0.15, 0.2) is 48.5 Å². The average Bonchev–Trinajstić information content (AvgIpc) is 2.66. The summed E-state index contributed by atoms with van der Waals surface area (Å²) < 4.78 is 2.08. The maximum Gasteiger partial charge on any atom is 0.111 e. The molecule has 0 amide bonds. The minimum Gasteiger partial charge on any atom is -0.295 e. The summed E-state index contributed by atoms with van der Waals surface area (Å²) >= 11 is 6.24. The van der Waals surface area contributed by atoms with Gasteiger partial charge in [-0.05, 0) is 31.2 Å². The normalized spacial score (nSPS) is 10.9. The van der Waals surface area contributed by atoms with Gasteiger partial charge in [-0.15, -0.1) is 0 Å². The molecule has 0 saturated heterocycles. The van der Waals surface area contributed by atoms with Gasteiger partial charge in [-0.2, -0.15) is 0 Å². The molecule has 17 heavy (non-hydrogen) atoms. The van der Waals surface area contributed by atoms with E-state index in [0.29, 0.717) is 0 Å². The van der Waals surface area contributed by atoms with Gasteiger partial charge in [0, 0.05) is 0 Å². The second-order valence-corrected chi connectivity index (χ2v) is 4.34. The van der Waals surface area contributed by atoms with Crippen molar-refractivity contribution in [1.29, 1.82) is 0 Å². The predicted octanol–water partition coefficient (Wildman–Crippen LogP) is 3.99. The molecule has 3 heteroatoms. The number of nitrogens with zero attached hydrogens (tertiary/aromatic N) is 2. The Morgan fingerprint density at radius 3 is 2.53 bits per heavy atom. The molecule has 0 radical (unpaired) electrons. The first-order valence-electron chi connectivity index (χ1n) is 5.46. The maximum absolute atomic E-state index is 6.24. The lowest BCUT2D eigenvalue weighted by Gasteiger charge is -2.08. The molecule has 3 aromatic rings. The highest BCUT2D eigenvalue weighted by atomic mass is 35.5. The van der Waals surface area contributed by atoms with E-state index in [-0.39, 0.29) is 0 Å². The van der Waals surface area contributed by atoms with E-state index in [2.05, 4.69) is 15.6 Å². The van der Waals surface area contributed by atoms with E-state index in [0.717, 1.165) is 27.6 Å². The van der Waals surface area contributed by atoms with Crippen LogP contribution in [-0.2, 0) is 0 Å². The van der Waals surface area contributed by atoms with Crippen LogP contribution in [0.5, 0.6) is 0 Å². The third kappa shape index (κ3) is 1.61. The molecule has 1 aromatic heterocycles. The Kier molecular flexibility index (Phi) is 2.37. The molecule has 0 bridgehead atoms. The van der Waals surface area contributed by atoms with Crippen molar-refractivity contribution < 1.29 is 0 Å². The highest BCUT2D eigenvalue weighted by molar-refractivity contribution is 6.32. The fraction of sp³-hybridized carbons (Fsp3) is 0.0714. The molecule has 3 rings (SSSR count). The van der Waals surface area contributed by atoms with E-state index in [9.17, 15) is 0 Å². The van der Waals surface area contributed by atoms with E-state index in [1.165, 1.54) is 0 Å². The van der Waals surface area contributed by atoms with Gasteiger partial charge in [0.2, 0.25) is 0 Å². The first-order chi connectivity index (χ1) is 8.27. The standard InChI is InChI=1S/C14H11ClN2/c1-10-16-12-7-3-5-9-14(12)17(10)13-8-4-2-6-11(13)15/h2-9H,1H3. The van der Waals surface area contributed by atoms with Gasteiger partial charge in [-0.3, -0.25) is 4.57 Å². The van der Waals surface area contributed by atoms with Crippen molar-refractivity contribution in [1.82, 2.24) is 9.55 Å². The number of rotatable bonds is 1. The molecule has 84 valence electrons. The van der Waals surface area contributed by atoms with Crippen molar-refractivity contribution in [2.24, 2.45) is 0 Å². The average molecular weight is 243 g/mol. The van der Waals surface area contributed by atoms with Crippen molar-refractivity contribution in [2.45, 2.75) is 6.92 Å². The predicted molar refractivity (Wildman–Crippen MR) is 70.8 cm³/mol. The van der Waals surface area contributed by atoms with E-state index in [1.54, 1.807) is 0 Å². The number of benzene rings is 2. The number of hydrogen-bond acceptors (Lipinski definition) is 1. The Labute approximate surface area is 104 Å². The molecule has 2 nitrogen and oxygen atoms in total. The number of fused-ring (bicyclic) bond motifs is 1. The molecule has 0 spiro atoms. The van der Waals surface area contributed by atoms with Gasteiger partial charge in [0.05, 0.1) is 21.7 Å². The Morgan fingerprint density at radius 2 is 1.71 bits per heavy atom. The molecular formula is C14H11ClN2. The van der Waals surface area contributed by atoms with Gasteiger partial charge in [0.1, 0.15) is 5.82 Å². The summed E-state index contributed by atoms with van der Waals surface area (Å²) in [6, 6.07) is 15.9. The number of aryl methyl sites for hydroxylation is 1. The van der Waals surface area contributed by atoms with Crippen LogP contribution in [0.2, 0.25) is 5.02 Å². The molecule has 0 aliphatic heterocycles. The minimum absolute atomic E-state index is 0.735. The van der Waals surface area contributed by atoms with Crippen molar-refractivity contribution >= 4 is 22.6 Å². The fourth-order valence-electron chi connectivity index (χ4n) is 2.08. The summed E-state index contributed by atoms with van der Waals surface area (Å²) in [7, 11) is 0. The molecule has 0 saturated carbocycles. The van der Waals surface area contributed by atoms with Gasteiger partial charge in [-0.25, -0.2) is 4.98 Å². The summed E-state index contributed by atoms with van der Waals surface area (Å²) in [4.78, 5) is 4.53. The van der Waals surface area contributed by atoms with Crippen molar-refractivity contribution in [2.75, 3.05) is 0 Å². The number of aromatic nitrogens is 2. The minimum atomic E-state index is 0.735.